The van der Waals surface area contributed by atoms with Crippen LogP contribution in [0.1, 0.15) is 20.3 Å². The Labute approximate surface area is 70.0 Å². The summed E-state index contributed by atoms with van der Waals surface area (Å²) in [6.07, 6.45) is 1.37. The van der Waals surface area contributed by atoms with Crippen LogP contribution in [-0.2, 0) is 0 Å². The maximum atomic E-state index is 3.24. The van der Waals surface area contributed by atoms with Gasteiger partial charge in [-0.25, -0.2) is 0 Å². The molecule has 1 N–H and O–H groups in total. The number of likely N-dealkylation sites (tertiary alicyclic amines) is 1. The zero-order valence-corrected chi connectivity index (χ0v) is 7.93. The van der Waals surface area contributed by atoms with E-state index in [9.17, 15) is 0 Å². The predicted molar refractivity (Wildman–Crippen MR) is 48.7 cm³/mol. The molecule has 0 aliphatic carbocycles. The van der Waals surface area contributed by atoms with Gasteiger partial charge in [0.1, 0.15) is 0 Å². The summed E-state index contributed by atoms with van der Waals surface area (Å²) in [5.74, 6) is 0.891. The second-order valence-corrected chi connectivity index (χ2v) is 3.80. The smallest absolute Gasteiger partial charge is 0.00387 e. The quantitative estimate of drug-likeness (QED) is 0.654. The highest BCUT2D eigenvalue weighted by molar-refractivity contribution is 4.78. The molecule has 66 valence electrons. The summed E-state index contributed by atoms with van der Waals surface area (Å²) >= 11 is 0. The molecule has 0 amide bonds. The monoisotopic (exact) mass is 156 g/mol. The van der Waals surface area contributed by atoms with E-state index in [2.05, 4.69) is 24.1 Å². The molecule has 1 aliphatic rings. The zero-order chi connectivity index (χ0) is 8.27. The molecule has 0 radical (unpaired) electrons. The molecule has 0 spiro atoms. The minimum Gasteiger partial charge on any atom is -0.319 e. The Bertz CT molecular complexity index is 112. The average Bonchev–Trinajstić information content (AvgIpc) is 2.37. The van der Waals surface area contributed by atoms with Crippen LogP contribution in [0.5, 0.6) is 0 Å². The molecule has 2 heteroatoms. The number of nitrogens with one attached hydrogen (secondary N) is 1. The minimum atomic E-state index is 0.733. The van der Waals surface area contributed by atoms with E-state index in [0.29, 0.717) is 0 Å². The van der Waals surface area contributed by atoms with Crippen LogP contribution in [0.15, 0.2) is 0 Å². The molecule has 1 saturated heterocycles. The molecule has 1 rings (SSSR count). The van der Waals surface area contributed by atoms with Gasteiger partial charge in [-0.05, 0) is 46.3 Å². The Morgan fingerprint density at radius 1 is 1.55 bits per heavy atom. The maximum absolute atomic E-state index is 3.24. The molecule has 1 fully saturated rings. The van der Waals surface area contributed by atoms with Gasteiger partial charge in [0.2, 0.25) is 0 Å². The molecule has 1 aliphatic heterocycles. The number of hydrogen-bond acceptors (Lipinski definition) is 2. The molecule has 2 nitrogen and oxygen atoms in total. The van der Waals surface area contributed by atoms with E-state index >= 15 is 0 Å². The van der Waals surface area contributed by atoms with Gasteiger partial charge in [-0.15, -0.1) is 0 Å². The van der Waals surface area contributed by atoms with Crippen LogP contribution in [0, 0.1) is 5.92 Å². The van der Waals surface area contributed by atoms with Crippen LogP contribution in [0.3, 0.4) is 0 Å². The van der Waals surface area contributed by atoms with E-state index in [1.165, 1.54) is 26.1 Å². The van der Waals surface area contributed by atoms with E-state index < -0.39 is 0 Å². The first-order chi connectivity index (χ1) is 5.24. The summed E-state index contributed by atoms with van der Waals surface area (Å²) < 4.78 is 0. The van der Waals surface area contributed by atoms with Gasteiger partial charge < -0.3 is 10.2 Å². The third-order valence-corrected chi connectivity index (χ3v) is 2.54. The van der Waals surface area contributed by atoms with Crippen LogP contribution in [-0.4, -0.2) is 37.6 Å². The molecule has 0 aromatic heterocycles. The zero-order valence-electron chi connectivity index (χ0n) is 7.93. The van der Waals surface area contributed by atoms with E-state index in [1.807, 2.05) is 7.05 Å². The lowest BCUT2D eigenvalue weighted by Gasteiger charge is -2.20. The highest BCUT2D eigenvalue weighted by atomic mass is 15.2. The molecule has 0 saturated carbocycles. The lowest BCUT2D eigenvalue weighted by atomic mass is 10.1. The summed E-state index contributed by atoms with van der Waals surface area (Å²) in [7, 11) is 2.04. The normalized spacial score (nSPS) is 26.7. The summed E-state index contributed by atoms with van der Waals surface area (Å²) in [6.45, 7) is 8.33. The Morgan fingerprint density at radius 3 is 2.73 bits per heavy atom. The van der Waals surface area contributed by atoms with E-state index in [4.69, 9.17) is 0 Å². The minimum absolute atomic E-state index is 0.733. The fourth-order valence-corrected chi connectivity index (χ4v) is 1.79. The molecule has 0 bridgehead atoms. The standard InChI is InChI=1S/C9H20N2/c1-8(2)11-5-4-9(7-11)6-10-3/h8-10H,4-7H2,1-3H3/t9-/m1/s1. The van der Waals surface area contributed by atoms with E-state index in [0.717, 1.165) is 12.0 Å². The van der Waals surface area contributed by atoms with E-state index in [1.54, 1.807) is 0 Å². The summed E-state index contributed by atoms with van der Waals surface area (Å²) in [4.78, 5) is 2.56. The molecule has 11 heavy (non-hydrogen) atoms. The van der Waals surface area contributed by atoms with Gasteiger partial charge in [-0.2, -0.15) is 0 Å². The van der Waals surface area contributed by atoms with Crippen LogP contribution in [0.2, 0.25) is 0 Å². The fraction of sp³-hybridized carbons (Fsp3) is 1.00. The van der Waals surface area contributed by atoms with Gasteiger partial charge in [0.05, 0.1) is 0 Å². The summed E-state index contributed by atoms with van der Waals surface area (Å²) in [6, 6.07) is 0.733. The van der Waals surface area contributed by atoms with Gasteiger partial charge >= 0.3 is 0 Å². The van der Waals surface area contributed by atoms with Crippen molar-refractivity contribution in [1.82, 2.24) is 10.2 Å². The van der Waals surface area contributed by atoms with Gasteiger partial charge in [0, 0.05) is 12.6 Å². The largest absolute Gasteiger partial charge is 0.319 e. The number of rotatable bonds is 3. The topological polar surface area (TPSA) is 15.3 Å². The molecule has 0 unspecified atom stereocenters. The Morgan fingerprint density at radius 2 is 2.27 bits per heavy atom. The highest BCUT2D eigenvalue weighted by Gasteiger charge is 2.22. The molecule has 0 aromatic carbocycles. The van der Waals surface area contributed by atoms with Gasteiger partial charge in [0.25, 0.3) is 0 Å². The van der Waals surface area contributed by atoms with Crippen LogP contribution >= 0.6 is 0 Å². The molecule has 1 heterocycles. The van der Waals surface area contributed by atoms with Gasteiger partial charge in [0.15, 0.2) is 0 Å². The third-order valence-electron chi connectivity index (χ3n) is 2.54. The van der Waals surface area contributed by atoms with E-state index in [-0.39, 0.29) is 0 Å². The van der Waals surface area contributed by atoms with Crippen molar-refractivity contribution >= 4 is 0 Å². The second-order valence-electron chi connectivity index (χ2n) is 3.80. The average molecular weight is 156 g/mol. The van der Waals surface area contributed by atoms with Gasteiger partial charge in [-0.3, -0.25) is 0 Å². The van der Waals surface area contributed by atoms with Crippen molar-refractivity contribution in [1.29, 1.82) is 0 Å². The van der Waals surface area contributed by atoms with Crippen LogP contribution in [0.25, 0.3) is 0 Å². The Kier molecular flexibility index (Phi) is 3.34. The molecular formula is C9H20N2. The van der Waals surface area contributed by atoms with Crippen molar-refractivity contribution in [3.63, 3.8) is 0 Å². The number of hydrogen-bond donors (Lipinski definition) is 1. The van der Waals surface area contributed by atoms with Crippen molar-refractivity contribution in [2.24, 2.45) is 5.92 Å². The molecule has 1 atom stereocenters. The highest BCUT2D eigenvalue weighted by Crippen LogP contribution is 2.17. The maximum Gasteiger partial charge on any atom is 0.00387 e. The molecular weight excluding hydrogens is 136 g/mol. The number of nitrogens with zero attached hydrogens (tertiary/aromatic N) is 1. The summed E-state index contributed by atoms with van der Waals surface area (Å²) in [5, 5.41) is 3.24. The van der Waals surface area contributed by atoms with Crippen LogP contribution < -0.4 is 5.32 Å². The lowest BCUT2D eigenvalue weighted by molar-refractivity contribution is 0.264. The first kappa shape index (κ1) is 9.01. The van der Waals surface area contributed by atoms with Crippen LogP contribution in [0.4, 0.5) is 0 Å². The second kappa shape index (κ2) is 4.07. The van der Waals surface area contributed by atoms with Gasteiger partial charge in [-0.1, -0.05) is 0 Å². The third kappa shape index (κ3) is 2.46. The lowest BCUT2D eigenvalue weighted by Crippen LogP contribution is -2.29. The Balaban J connectivity index is 2.23. The summed E-state index contributed by atoms with van der Waals surface area (Å²) in [5.41, 5.74) is 0. The first-order valence-corrected chi connectivity index (χ1v) is 4.62. The predicted octanol–water partition coefficient (Wildman–Crippen LogP) is 0.936. The van der Waals surface area contributed by atoms with Crippen molar-refractivity contribution in [3.05, 3.63) is 0 Å². The molecule has 0 aromatic rings. The van der Waals surface area contributed by atoms with Crippen molar-refractivity contribution in [3.8, 4) is 0 Å². The first-order valence-electron chi connectivity index (χ1n) is 4.62. The van der Waals surface area contributed by atoms with Crippen molar-refractivity contribution in [2.45, 2.75) is 26.3 Å². The van der Waals surface area contributed by atoms with Crippen molar-refractivity contribution < 1.29 is 0 Å². The van der Waals surface area contributed by atoms with Crippen molar-refractivity contribution in [2.75, 3.05) is 26.7 Å². The SMILES string of the molecule is CNC[C@H]1CCN(C(C)C)C1. The fourth-order valence-electron chi connectivity index (χ4n) is 1.79. The Hall–Kier alpha value is -0.0800.